The molecule has 5 N–H and O–H groups in total. The zero-order chi connectivity index (χ0) is 39.8. The summed E-state index contributed by atoms with van der Waals surface area (Å²) >= 11 is 0. The van der Waals surface area contributed by atoms with Crippen molar-refractivity contribution in [1.29, 1.82) is 0 Å². The highest BCUT2D eigenvalue weighted by molar-refractivity contribution is 7.47. The molecule has 0 fully saturated rings. The van der Waals surface area contributed by atoms with E-state index < -0.39 is 32.1 Å². The molecule has 0 aromatic heterocycles. The first-order valence-electron chi connectivity index (χ1n) is 20.6. The molecule has 0 aromatic rings. The molecule has 0 heterocycles. The molecule has 10 nitrogen and oxygen atoms in total. The lowest BCUT2D eigenvalue weighted by atomic mass is 10.0. The molecule has 0 amide bonds. The highest BCUT2D eigenvalue weighted by atomic mass is 31.2. The van der Waals surface area contributed by atoms with Gasteiger partial charge in [0.15, 0.2) is 6.10 Å². The van der Waals surface area contributed by atoms with Gasteiger partial charge in [-0.2, -0.15) is 0 Å². The maximum Gasteiger partial charge on any atom is 0.472 e. The molecule has 0 radical (unpaired) electrons. The van der Waals surface area contributed by atoms with Crippen molar-refractivity contribution < 1.29 is 43.0 Å². The van der Waals surface area contributed by atoms with Crippen molar-refractivity contribution in [2.24, 2.45) is 5.73 Å². The van der Waals surface area contributed by atoms with Gasteiger partial charge in [0.25, 0.3) is 0 Å². The smallest absolute Gasteiger partial charge is 0.472 e. The summed E-state index contributed by atoms with van der Waals surface area (Å²) in [7, 11) is -4.34. The van der Waals surface area contributed by atoms with Crippen LogP contribution in [0.3, 0.4) is 0 Å². The summed E-state index contributed by atoms with van der Waals surface area (Å²) < 4.78 is 32.9. The Labute approximate surface area is 328 Å². The third-order valence-electron chi connectivity index (χ3n) is 8.40. The fraction of sp³-hybridized carbons (Fsp3) is 0.698. The summed E-state index contributed by atoms with van der Waals surface area (Å²) in [5, 5.41) is 20.6. The Hall–Kier alpha value is -2.30. The second-order valence-electron chi connectivity index (χ2n) is 13.5. The Kier molecular flexibility index (Phi) is 37.3. The monoisotopic (exact) mass is 782 g/mol. The number of carbonyl (C=O) groups is 1. The standard InChI is InChI=1S/C43H76NO9P/c1-3-5-7-9-11-13-15-17-18-19-20-22-24-26-28-30-36-50-40(39-53-54(48,49)52-37-35-44)38-51-43(47)34-31-33-42(46)41(45)32-29-27-25-23-21-16-14-12-10-8-6-4-2/h6,8,12,14,17-18,21,23,27,29-30,36,40-42,45-46H,3-5,7,9-11,13,15-16,19-20,22,24-26,28,31-35,37-39,44H2,1-2H3,(H,48,49)/b8-6-,14-12-,18-17-,23-21-,29-27-,36-30+/t40-,41+,42+/m1/s1. The lowest BCUT2D eigenvalue weighted by Crippen LogP contribution is -2.27. The van der Waals surface area contributed by atoms with E-state index in [2.05, 4.69) is 62.5 Å². The summed E-state index contributed by atoms with van der Waals surface area (Å²) in [6, 6.07) is 0. The van der Waals surface area contributed by atoms with Gasteiger partial charge in [0, 0.05) is 13.0 Å². The minimum Gasteiger partial charge on any atom is -0.492 e. The average molecular weight is 782 g/mol. The molecule has 0 spiro atoms. The van der Waals surface area contributed by atoms with Gasteiger partial charge in [-0.3, -0.25) is 13.8 Å². The van der Waals surface area contributed by atoms with Crippen LogP contribution in [0.15, 0.2) is 73.1 Å². The summed E-state index contributed by atoms with van der Waals surface area (Å²) in [5.74, 6) is -0.517. The molecule has 0 rings (SSSR count). The number of phosphoric ester groups is 1. The maximum atomic E-state index is 12.4. The quantitative estimate of drug-likeness (QED) is 0.0156. The molecule has 1 unspecified atom stereocenters. The van der Waals surface area contributed by atoms with Crippen molar-refractivity contribution in [2.75, 3.05) is 26.4 Å². The number of hydrogen-bond acceptors (Lipinski definition) is 9. The van der Waals surface area contributed by atoms with Gasteiger partial charge in [-0.05, 0) is 89.5 Å². The molecule has 0 aromatic carbocycles. The predicted molar refractivity (Wildman–Crippen MR) is 222 cm³/mol. The van der Waals surface area contributed by atoms with Crippen LogP contribution in [-0.4, -0.2) is 65.8 Å². The summed E-state index contributed by atoms with van der Waals surface area (Å²) in [5.41, 5.74) is 5.34. The first-order chi connectivity index (χ1) is 26.3. The van der Waals surface area contributed by atoms with E-state index in [0.717, 1.165) is 51.4 Å². The lowest BCUT2D eigenvalue weighted by Gasteiger charge is -2.19. The number of esters is 1. The number of aliphatic hydroxyl groups excluding tert-OH is 2. The van der Waals surface area contributed by atoms with E-state index in [1.807, 2.05) is 18.2 Å². The van der Waals surface area contributed by atoms with E-state index in [-0.39, 0.29) is 39.2 Å². The lowest BCUT2D eigenvalue weighted by molar-refractivity contribution is -0.147. The Morgan fingerprint density at radius 2 is 1.22 bits per heavy atom. The van der Waals surface area contributed by atoms with Gasteiger partial charge in [0.05, 0.1) is 31.7 Å². The van der Waals surface area contributed by atoms with Gasteiger partial charge in [-0.1, -0.05) is 120 Å². The molecule has 11 heteroatoms. The highest BCUT2D eigenvalue weighted by Gasteiger charge is 2.24. The van der Waals surface area contributed by atoms with E-state index in [4.69, 9.17) is 24.3 Å². The van der Waals surface area contributed by atoms with E-state index in [1.54, 1.807) is 0 Å². The molecule has 0 saturated heterocycles. The van der Waals surface area contributed by atoms with Crippen molar-refractivity contribution in [3.05, 3.63) is 73.1 Å². The minimum absolute atomic E-state index is 0.0319. The second-order valence-corrected chi connectivity index (χ2v) is 14.9. The first-order valence-corrected chi connectivity index (χ1v) is 22.1. The van der Waals surface area contributed by atoms with Crippen molar-refractivity contribution in [1.82, 2.24) is 0 Å². The summed E-state index contributed by atoms with van der Waals surface area (Å²) in [4.78, 5) is 22.3. The van der Waals surface area contributed by atoms with Crippen LogP contribution in [0.4, 0.5) is 0 Å². The number of aliphatic hydroxyl groups is 2. The van der Waals surface area contributed by atoms with E-state index in [9.17, 15) is 24.5 Å². The van der Waals surface area contributed by atoms with Crippen molar-refractivity contribution in [3.8, 4) is 0 Å². The number of nitrogens with two attached hydrogens (primary N) is 1. The fourth-order valence-corrected chi connectivity index (χ4v) is 5.94. The molecule has 0 aliphatic carbocycles. The normalized spacial score (nSPS) is 15.4. The number of ether oxygens (including phenoxy) is 2. The van der Waals surface area contributed by atoms with Gasteiger partial charge < -0.3 is 30.3 Å². The van der Waals surface area contributed by atoms with E-state index in [1.165, 1.54) is 64.0 Å². The average Bonchev–Trinajstić information content (AvgIpc) is 3.16. The van der Waals surface area contributed by atoms with Crippen LogP contribution in [0.25, 0.3) is 0 Å². The largest absolute Gasteiger partial charge is 0.492 e. The van der Waals surface area contributed by atoms with Crippen molar-refractivity contribution >= 4 is 13.8 Å². The topological polar surface area (TPSA) is 158 Å². The molecule has 312 valence electrons. The Morgan fingerprint density at radius 1 is 0.667 bits per heavy atom. The molecule has 4 atom stereocenters. The van der Waals surface area contributed by atoms with E-state index in [0.29, 0.717) is 12.8 Å². The number of carbonyl (C=O) groups excluding carboxylic acids is 1. The van der Waals surface area contributed by atoms with Crippen LogP contribution in [-0.2, 0) is 27.9 Å². The van der Waals surface area contributed by atoms with Gasteiger partial charge in [-0.25, -0.2) is 4.57 Å². The maximum absolute atomic E-state index is 12.4. The van der Waals surface area contributed by atoms with Crippen LogP contribution in [0.1, 0.15) is 149 Å². The summed E-state index contributed by atoms with van der Waals surface area (Å²) in [6.07, 6.45) is 41.9. The molecule has 0 aliphatic rings. The van der Waals surface area contributed by atoms with Crippen LogP contribution in [0, 0.1) is 0 Å². The van der Waals surface area contributed by atoms with Crippen LogP contribution < -0.4 is 5.73 Å². The molecular weight excluding hydrogens is 705 g/mol. The number of phosphoric acid groups is 1. The molecule has 0 aliphatic heterocycles. The zero-order valence-electron chi connectivity index (χ0n) is 33.7. The summed E-state index contributed by atoms with van der Waals surface area (Å²) in [6.45, 7) is 3.73. The molecular formula is C43H76NO9P. The molecule has 0 saturated carbocycles. The number of rotatable bonds is 38. The SMILES string of the molecule is CC/C=C\C/C=C\C/C=C\C/C=C\C[C@H](O)[C@@H](O)CCCC(=O)OC[C@H](COP(=O)(O)OCCN)O/C=C/CCCCCC/C=C\CCCCCCCC. The van der Waals surface area contributed by atoms with Crippen LogP contribution >= 0.6 is 7.82 Å². The van der Waals surface area contributed by atoms with Gasteiger partial charge in [0.2, 0.25) is 0 Å². The van der Waals surface area contributed by atoms with Crippen molar-refractivity contribution in [2.45, 2.75) is 167 Å². The minimum atomic E-state index is -4.34. The van der Waals surface area contributed by atoms with Crippen LogP contribution in [0.2, 0.25) is 0 Å². The van der Waals surface area contributed by atoms with Crippen molar-refractivity contribution in [3.63, 3.8) is 0 Å². The Bertz CT molecular complexity index is 1090. The number of unbranched alkanes of at least 4 members (excludes halogenated alkanes) is 11. The number of allylic oxidation sites excluding steroid dienone is 10. The predicted octanol–water partition coefficient (Wildman–Crippen LogP) is 10.3. The van der Waals surface area contributed by atoms with Crippen LogP contribution in [0.5, 0.6) is 0 Å². The van der Waals surface area contributed by atoms with Gasteiger partial charge in [-0.15, -0.1) is 0 Å². The third-order valence-corrected chi connectivity index (χ3v) is 9.38. The second kappa shape index (κ2) is 39.0. The molecule has 54 heavy (non-hydrogen) atoms. The third kappa shape index (κ3) is 36.7. The van der Waals surface area contributed by atoms with Gasteiger partial charge in [0.1, 0.15) is 6.61 Å². The number of hydrogen-bond donors (Lipinski definition) is 4. The van der Waals surface area contributed by atoms with Gasteiger partial charge >= 0.3 is 13.8 Å². The first kappa shape index (κ1) is 51.7. The highest BCUT2D eigenvalue weighted by Crippen LogP contribution is 2.43. The Balaban J connectivity index is 4.39. The fourth-order valence-electron chi connectivity index (χ4n) is 5.18. The zero-order valence-corrected chi connectivity index (χ0v) is 34.5. The molecule has 0 bridgehead atoms. The van der Waals surface area contributed by atoms with E-state index >= 15 is 0 Å². The Morgan fingerprint density at radius 3 is 1.81 bits per heavy atom.